The van der Waals surface area contributed by atoms with Crippen molar-refractivity contribution in [3.8, 4) is 0 Å². The van der Waals surface area contributed by atoms with E-state index in [-0.39, 0.29) is 30.3 Å². The van der Waals surface area contributed by atoms with Crippen LogP contribution in [0.3, 0.4) is 0 Å². The molecule has 1 fully saturated rings. The van der Waals surface area contributed by atoms with Gasteiger partial charge < -0.3 is 10.6 Å². The Hall–Kier alpha value is -0.580. The molecule has 1 aliphatic rings. The summed E-state index contributed by atoms with van der Waals surface area (Å²) in [6.07, 6.45) is 2.79. The van der Waals surface area contributed by atoms with Gasteiger partial charge in [0.05, 0.1) is 0 Å². The van der Waals surface area contributed by atoms with Crippen LogP contribution >= 0.6 is 28.3 Å². The molecule has 1 aliphatic heterocycles. The molecule has 1 aromatic rings. The Labute approximate surface area is 135 Å². The predicted octanol–water partition coefficient (Wildman–Crippen LogP) is 2.92. The molecule has 2 rings (SSSR count). The molecule has 5 heteroatoms. The molecule has 3 nitrogen and oxygen atoms in total. The summed E-state index contributed by atoms with van der Waals surface area (Å²) in [5.41, 5.74) is 1.25. The summed E-state index contributed by atoms with van der Waals surface area (Å²) in [5.74, 6) is 0.403. The number of piperidine rings is 1. The zero-order valence-corrected chi connectivity index (χ0v) is 14.1. The number of amides is 1. The number of carbonyl (C=O) groups excluding carboxylic acids is 1. The van der Waals surface area contributed by atoms with Crippen molar-refractivity contribution in [2.24, 2.45) is 5.92 Å². The van der Waals surface area contributed by atoms with E-state index < -0.39 is 0 Å². The first-order valence-corrected chi connectivity index (χ1v) is 7.70. The highest BCUT2D eigenvalue weighted by atomic mass is 79.9. The summed E-state index contributed by atoms with van der Waals surface area (Å²) in [7, 11) is 0. The topological polar surface area (TPSA) is 41.1 Å². The Morgan fingerprint density at radius 1 is 1.35 bits per heavy atom. The first-order chi connectivity index (χ1) is 9.15. The second kappa shape index (κ2) is 8.65. The van der Waals surface area contributed by atoms with Gasteiger partial charge in [-0.15, -0.1) is 12.4 Å². The van der Waals surface area contributed by atoms with Gasteiger partial charge in [-0.1, -0.05) is 28.1 Å². The van der Waals surface area contributed by atoms with E-state index >= 15 is 0 Å². The normalized spacial score (nSPS) is 17.1. The van der Waals surface area contributed by atoms with Crippen LogP contribution in [0.2, 0.25) is 0 Å². The summed E-state index contributed by atoms with van der Waals surface area (Å²) in [4.78, 5) is 12.1. The van der Waals surface area contributed by atoms with Crippen LogP contribution in [-0.4, -0.2) is 25.0 Å². The van der Waals surface area contributed by atoms with Crippen LogP contribution in [-0.2, 0) is 11.2 Å². The largest absolute Gasteiger partial charge is 0.353 e. The standard InChI is InChI=1S/C15H21BrN2O.ClH/c1-11(10-12-2-4-14(16)5-3-12)18-15(19)13-6-8-17-9-7-13;/h2-5,11,13,17H,6-10H2,1H3,(H,18,19);1H. The van der Waals surface area contributed by atoms with Crippen molar-refractivity contribution in [3.05, 3.63) is 34.3 Å². The Morgan fingerprint density at radius 2 is 1.95 bits per heavy atom. The van der Waals surface area contributed by atoms with Gasteiger partial charge in [0, 0.05) is 16.4 Å². The van der Waals surface area contributed by atoms with Gasteiger partial charge >= 0.3 is 0 Å². The highest BCUT2D eigenvalue weighted by Gasteiger charge is 2.21. The van der Waals surface area contributed by atoms with Gasteiger partial charge in [0.1, 0.15) is 0 Å². The van der Waals surface area contributed by atoms with Crippen LogP contribution in [0.15, 0.2) is 28.7 Å². The number of halogens is 2. The van der Waals surface area contributed by atoms with Crippen LogP contribution in [0.4, 0.5) is 0 Å². The van der Waals surface area contributed by atoms with E-state index in [1.54, 1.807) is 0 Å². The highest BCUT2D eigenvalue weighted by Crippen LogP contribution is 2.14. The maximum Gasteiger partial charge on any atom is 0.223 e. The van der Waals surface area contributed by atoms with Gasteiger partial charge in [-0.25, -0.2) is 0 Å². The molecule has 1 atom stereocenters. The lowest BCUT2D eigenvalue weighted by Crippen LogP contribution is -2.42. The molecule has 0 spiro atoms. The third kappa shape index (κ3) is 5.43. The third-order valence-electron chi connectivity index (χ3n) is 3.55. The monoisotopic (exact) mass is 360 g/mol. The second-order valence-electron chi connectivity index (χ2n) is 5.26. The zero-order valence-electron chi connectivity index (χ0n) is 11.7. The molecular weight excluding hydrogens is 340 g/mol. The van der Waals surface area contributed by atoms with Crippen molar-refractivity contribution >= 4 is 34.2 Å². The summed E-state index contributed by atoms with van der Waals surface area (Å²) in [5, 5.41) is 6.42. The quantitative estimate of drug-likeness (QED) is 0.866. The fourth-order valence-corrected chi connectivity index (χ4v) is 2.73. The lowest BCUT2D eigenvalue weighted by atomic mass is 9.96. The smallest absolute Gasteiger partial charge is 0.223 e. The summed E-state index contributed by atoms with van der Waals surface area (Å²) in [6.45, 7) is 3.99. The van der Waals surface area contributed by atoms with Crippen molar-refractivity contribution in [3.63, 3.8) is 0 Å². The van der Waals surface area contributed by atoms with Crippen LogP contribution < -0.4 is 10.6 Å². The maximum atomic E-state index is 12.1. The lowest BCUT2D eigenvalue weighted by molar-refractivity contribution is -0.126. The SMILES string of the molecule is CC(Cc1ccc(Br)cc1)NC(=O)C1CCNCC1.Cl. The average Bonchev–Trinajstić information content (AvgIpc) is 2.42. The molecule has 0 aliphatic carbocycles. The van der Waals surface area contributed by atoms with E-state index in [9.17, 15) is 4.79 Å². The molecule has 0 bridgehead atoms. The average molecular weight is 362 g/mol. The molecular formula is C15H22BrClN2O. The number of hydrogen-bond donors (Lipinski definition) is 2. The number of carbonyl (C=O) groups is 1. The van der Waals surface area contributed by atoms with Crippen molar-refractivity contribution < 1.29 is 4.79 Å². The predicted molar refractivity (Wildman–Crippen MR) is 88.3 cm³/mol. The number of benzene rings is 1. The zero-order chi connectivity index (χ0) is 13.7. The van der Waals surface area contributed by atoms with E-state index in [0.717, 1.165) is 36.8 Å². The molecule has 112 valence electrons. The Kier molecular flexibility index (Phi) is 7.56. The number of hydrogen-bond acceptors (Lipinski definition) is 2. The molecule has 0 radical (unpaired) electrons. The van der Waals surface area contributed by atoms with Crippen molar-refractivity contribution in [1.29, 1.82) is 0 Å². The second-order valence-corrected chi connectivity index (χ2v) is 6.18. The molecule has 1 aromatic carbocycles. The van der Waals surface area contributed by atoms with Crippen molar-refractivity contribution in [2.45, 2.75) is 32.2 Å². The number of nitrogens with one attached hydrogen (secondary N) is 2. The Balaban J connectivity index is 0.00000200. The fourth-order valence-electron chi connectivity index (χ4n) is 2.47. The minimum absolute atomic E-state index is 0. The molecule has 20 heavy (non-hydrogen) atoms. The first kappa shape index (κ1) is 17.5. The van der Waals surface area contributed by atoms with Gasteiger partial charge in [-0.05, 0) is 57.0 Å². The molecule has 1 saturated heterocycles. The Morgan fingerprint density at radius 3 is 2.55 bits per heavy atom. The van der Waals surface area contributed by atoms with Gasteiger partial charge in [0.2, 0.25) is 5.91 Å². The van der Waals surface area contributed by atoms with Crippen LogP contribution in [0.5, 0.6) is 0 Å². The highest BCUT2D eigenvalue weighted by molar-refractivity contribution is 9.10. The number of rotatable bonds is 4. The first-order valence-electron chi connectivity index (χ1n) is 6.90. The minimum Gasteiger partial charge on any atom is -0.353 e. The summed E-state index contributed by atoms with van der Waals surface area (Å²) >= 11 is 3.43. The van der Waals surface area contributed by atoms with E-state index in [2.05, 4.69) is 45.6 Å². The van der Waals surface area contributed by atoms with Gasteiger partial charge in [-0.3, -0.25) is 4.79 Å². The van der Waals surface area contributed by atoms with E-state index in [1.807, 2.05) is 12.1 Å². The van der Waals surface area contributed by atoms with Crippen LogP contribution in [0, 0.1) is 5.92 Å². The van der Waals surface area contributed by atoms with Crippen molar-refractivity contribution in [2.75, 3.05) is 13.1 Å². The third-order valence-corrected chi connectivity index (χ3v) is 4.08. The van der Waals surface area contributed by atoms with E-state index in [4.69, 9.17) is 0 Å². The minimum atomic E-state index is 0. The van der Waals surface area contributed by atoms with Gasteiger partial charge in [0.25, 0.3) is 0 Å². The molecule has 0 saturated carbocycles. The van der Waals surface area contributed by atoms with Crippen LogP contribution in [0.25, 0.3) is 0 Å². The lowest BCUT2D eigenvalue weighted by Gasteiger charge is -2.24. The molecule has 2 N–H and O–H groups in total. The molecule has 1 heterocycles. The van der Waals surface area contributed by atoms with Gasteiger partial charge in [0.15, 0.2) is 0 Å². The molecule has 0 aromatic heterocycles. The maximum absolute atomic E-state index is 12.1. The van der Waals surface area contributed by atoms with E-state index in [1.165, 1.54) is 5.56 Å². The Bertz CT molecular complexity index is 418. The van der Waals surface area contributed by atoms with Gasteiger partial charge in [-0.2, -0.15) is 0 Å². The summed E-state index contributed by atoms with van der Waals surface area (Å²) < 4.78 is 1.09. The summed E-state index contributed by atoms with van der Waals surface area (Å²) in [6, 6.07) is 8.45. The molecule has 1 unspecified atom stereocenters. The van der Waals surface area contributed by atoms with E-state index in [0.29, 0.717) is 0 Å². The fraction of sp³-hybridized carbons (Fsp3) is 0.533. The van der Waals surface area contributed by atoms with Crippen LogP contribution in [0.1, 0.15) is 25.3 Å². The van der Waals surface area contributed by atoms with Crippen molar-refractivity contribution in [1.82, 2.24) is 10.6 Å². The molecule has 1 amide bonds.